The van der Waals surface area contributed by atoms with Crippen molar-refractivity contribution in [3.8, 4) is 5.75 Å². The van der Waals surface area contributed by atoms with E-state index < -0.39 is 5.97 Å². The molecule has 0 bridgehead atoms. The van der Waals surface area contributed by atoms with Crippen LogP contribution in [0.2, 0.25) is 0 Å². The number of aryl methyl sites for hydroxylation is 2. The molecule has 4 rings (SSSR count). The van der Waals surface area contributed by atoms with Crippen LogP contribution in [0.3, 0.4) is 0 Å². The van der Waals surface area contributed by atoms with Crippen LogP contribution in [-0.4, -0.2) is 30.8 Å². The number of para-hydroxylation sites is 2. The molecule has 0 saturated carbocycles. The van der Waals surface area contributed by atoms with Gasteiger partial charge in [-0.05, 0) is 71.6 Å². The van der Waals surface area contributed by atoms with Crippen LogP contribution in [0.4, 0.5) is 11.4 Å². The lowest BCUT2D eigenvalue weighted by Crippen LogP contribution is -2.29. The predicted octanol–water partition coefficient (Wildman–Crippen LogP) is 6.17. The molecule has 0 aromatic heterocycles. The van der Waals surface area contributed by atoms with Gasteiger partial charge in [-0.2, -0.15) is 0 Å². The Morgan fingerprint density at radius 2 is 1.61 bits per heavy atom. The lowest BCUT2D eigenvalue weighted by molar-refractivity contribution is -0.142. The summed E-state index contributed by atoms with van der Waals surface area (Å²) in [6.07, 6.45) is 3.51. The average Bonchev–Trinajstić information content (AvgIpc) is 3.22. The van der Waals surface area contributed by atoms with Gasteiger partial charge in [0, 0.05) is 0 Å². The molecule has 0 radical (unpaired) electrons. The lowest BCUT2D eigenvalue weighted by atomic mass is 10.1. The van der Waals surface area contributed by atoms with E-state index in [1.54, 1.807) is 17.0 Å². The smallest absolute Gasteiger partial charge is 0.343 e. The third kappa shape index (κ3) is 5.69. The van der Waals surface area contributed by atoms with Crippen molar-refractivity contribution in [1.82, 2.24) is 0 Å². The maximum Gasteiger partial charge on any atom is 0.343 e. The van der Waals surface area contributed by atoms with Crippen molar-refractivity contribution in [3.63, 3.8) is 0 Å². The van der Waals surface area contributed by atoms with Gasteiger partial charge in [0.2, 0.25) is 0 Å². The van der Waals surface area contributed by atoms with Gasteiger partial charge in [0.25, 0.3) is 5.91 Å². The molecule has 184 valence electrons. The number of aliphatic imine (C=N–C) groups is 1. The quantitative estimate of drug-likeness (QED) is 0.273. The molecular formula is C29H28N2O4S. The number of hydrogen-bond donors (Lipinski definition) is 0. The van der Waals surface area contributed by atoms with E-state index in [-0.39, 0.29) is 12.5 Å². The first kappa shape index (κ1) is 25.3. The molecule has 1 saturated heterocycles. The Bertz CT molecular complexity index is 1310. The molecule has 1 amide bonds. The van der Waals surface area contributed by atoms with Gasteiger partial charge in [-0.15, -0.1) is 0 Å². The molecule has 3 aromatic carbocycles. The van der Waals surface area contributed by atoms with Gasteiger partial charge in [-0.3, -0.25) is 9.69 Å². The Morgan fingerprint density at radius 1 is 0.944 bits per heavy atom. The molecule has 3 aromatic rings. The minimum Gasteiger partial charge on any atom is -0.482 e. The molecule has 0 unspecified atom stereocenters. The van der Waals surface area contributed by atoms with Crippen LogP contribution < -0.4 is 9.64 Å². The van der Waals surface area contributed by atoms with Crippen molar-refractivity contribution in [2.45, 2.75) is 26.7 Å². The van der Waals surface area contributed by atoms with Gasteiger partial charge in [-0.25, -0.2) is 9.79 Å². The van der Waals surface area contributed by atoms with Gasteiger partial charge in [0.05, 0.1) is 23.4 Å². The zero-order valence-corrected chi connectivity index (χ0v) is 21.4. The maximum atomic E-state index is 13.7. The molecule has 1 aliphatic rings. The molecule has 1 aliphatic heterocycles. The minimum atomic E-state index is -0.446. The number of nitrogens with zero attached hydrogens (tertiary/aromatic N) is 2. The van der Waals surface area contributed by atoms with E-state index in [1.165, 1.54) is 18.9 Å². The van der Waals surface area contributed by atoms with E-state index in [1.807, 2.05) is 60.7 Å². The highest BCUT2D eigenvalue weighted by atomic mass is 32.2. The summed E-state index contributed by atoms with van der Waals surface area (Å²) in [5.41, 5.74) is 4.76. The number of methoxy groups -OCH3 is 1. The fraction of sp³-hybridized carbons (Fsp3) is 0.207. The van der Waals surface area contributed by atoms with Crippen molar-refractivity contribution < 1.29 is 19.1 Å². The van der Waals surface area contributed by atoms with Crippen molar-refractivity contribution in [1.29, 1.82) is 0 Å². The van der Waals surface area contributed by atoms with Crippen LogP contribution in [0.25, 0.3) is 6.08 Å². The van der Waals surface area contributed by atoms with E-state index >= 15 is 0 Å². The lowest BCUT2D eigenvalue weighted by Gasteiger charge is -2.19. The largest absolute Gasteiger partial charge is 0.482 e. The van der Waals surface area contributed by atoms with Crippen LogP contribution in [0.15, 0.2) is 82.7 Å². The van der Waals surface area contributed by atoms with Crippen molar-refractivity contribution >= 4 is 46.3 Å². The topological polar surface area (TPSA) is 68.2 Å². The molecule has 0 atom stereocenters. The van der Waals surface area contributed by atoms with E-state index in [0.717, 1.165) is 40.9 Å². The molecule has 0 N–H and O–H groups in total. The Kier molecular flexibility index (Phi) is 8.23. The first-order valence-electron chi connectivity index (χ1n) is 11.8. The molecule has 1 fully saturated rings. The van der Waals surface area contributed by atoms with Gasteiger partial charge in [-0.1, -0.05) is 62.4 Å². The van der Waals surface area contributed by atoms with Crippen LogP contribution in [0.1, 0.15) is 30.5 Å². The van der Waals surface area contributed by atoms with Crippen molar-refractivity contribution in [3.05, 3.63) is 94.4 Å². The van der Waals surface area contributed by atoms with Gasteiger partial charge < -0.3 is 9.47 Å². The van der Waals surface area contributed by atoms with Crippen LogP contribution in [0, 0.1) is 0 Å². The predicted molar refractivity (Wildman–Crippen MR) is 146 cm³/mol. The highest BCUT2D eigenvalue weighted by Crippen LogP contribution is 2.39. The number of esters is 1. The van der Waals surface area contributed by atoms with Crippen molar-refractivity contribution in [2.24, 2.45) is 4.99 Å². The van der Waals surface area contributed by atoms with Crippen LogP contribution in [0.5, 0.6) is 5.75 Å². The second-order valence-corrected chi connectivity index (χ2v) is 9.05. The highest BCUT2D eigenvalue weighted by Gasteiger charge is 2.35. The first-order valence-corrected chi connectivity index (χ1v) is 12.6. The fourth-order valence-electron chi connectivity index (χ4n) is 3.82. The number of ether oxygens (including phenoxy) is 2. The summed E-state index contributed by atoms with van der Waals surface area (Å²) in [5.74, 6) is -0.0115. The number of amidine groups is 1. The Balaban J connectivity index is 1.69. The number of carbonyl (C=O) groups is 2. The third-order valence-electron chi connectivity index (χ3n) is 5.77. The number of amides is 1. The molecule has 7 heteroatoms. The number of rotatable bonds is 8. The second-order valence-electron chi connectivity index (χ2n) is 8.04. The standard InChI is InChI=1S/C29H28N2O4S/c1-4-21-10-6-8-12-24(21)30-29-31(25-13-9-7-11-22(25)5-2)28(33)26(36-29)18-20-14-16-23(17-15-20)35-19-27(32)34-3/h6-18H,4-5,19H2,1-3H3/b26-18-,30-29?. The number of hydrogen-bond acceptors (Lipinski definition) is 6. The summed E-state index contributed by atoms with van der Waals surface area (Å²) in [7, 11) is 1.32. The van der Waals surface area contributed by atoms with Crippen molar-refractivity contribution in [2.75, 3.05) is 18.6 Å². The summed E-state index contributed by atoms with van der Waals surface area (Å²) in [5, 5.41) is 0.631. The average molecular weight is 501 g/mol. The molecule has 36 heavy (non-hydrogen) atoms. The molecular weight excluding hydrogens is 472 g/mol. The number of anilines is 1. The SMILES string of the molecule is CCc1ccccc1N=C1S/C(=C\c2ccc(OCC(=O)OC)cc2)C(=O)N1c1ccccc1CC. The summed E-state index contributed by atoms with van der Waals surface area (Å²) in [4.78, 5) is 32.2. The van der Waals surface area contributed by atoms with E-state index in [2.05, 4.69) is 24.7 Å². The molecule has 6 nitrogen and oxygen atoms in total. The zero-order valence-electron chi connectivity index (χ0n) is 20.6. The van der Waals surface area contributed by atoms with Gasteiger partial charge in [0.1, 0.15) is 5.75 Å². The summed E-state index contributed by atoms with van der Waals surface area (Å²) < 4.78 is 10.0. The molecule has 0 aliphatic carbocycles. The summed E-state index contributed by atoms with van der Waals surface area (Å²) in [6.45, 7) is 4.02. The second kappa shape index (κ2) is 11.7. The van der Waals surface area contributed by atoms with E-state index in [0.29, 0.717) is 15.8 Å². The normalized spacial score (nSPS) is 15.5. The number of carbonyl (C=O) groups excluding carboxylic acids is 2. The zero-order chi connectivity index (χ0) is 25.5. The number of thioether (sulfide) groups is 1. The van der Waals surface area contributed by atoms with E-state index in [4.69, 9.17) is 9.73 Å². The summed E-state index contributed by atoms with van der Waals surface area (Å²) >= 11 is 1.37. The Morgan fingerprint density at radius 3 is 2.31 bits per heavy atom. The first-order chi connectivity index (χ1) is 17.5. The third-order valence-corrected chi connectivity index (χ3v) is 6.74. The Labute approximate surface area is 215 Å². The Hall–Kier alpha value is -3.84. The minimum absolute atomic E-state index is 0.111. The summed E-state index contributed by atoms with van der Waals surface area (Å²) in [6, 6.07) is 23.2. The fourth-order valence-corrected chi connectivity index (χ4v) is 4.81. The molecule has 1 heterocycles. The number of benzene rings is 3. The van der Waals surface area contributed by atoms with Crippen LogP contribution in [-0.2, 0) is 27.2 Å². The monoisotopic (exact) mass is 500 g/mol. The van der Waals surface area contributed by atoms with Gasteiger partial charge >= 0.3 is 5.97 Å². The van der Waals surface area contributed by atoms with Crippen LogP contribution >= 0.6 is 11.8 Å². The van der Waals surface area contributed by atoms with E-state index in [9.17, 15) is 9.59 Å². The maximum absolute atomic E-state index is 13.7. The molecule has 0 spiro atoms. The van der Waals surface area contributed by atoms with Gasteiger partial charge in [0.15, 0.2) is 11.8 Å². The highest BCUT2D eigenvalue weighted by molar-refractivity contribution is 8.19.